The second-order valence-electron chi connectivity index (χ2n) is 4.92. The number of sulfone groups is 1. The third-order valence-electron chi connectivity index (χ3n) is 3.61. The van der Waals surface area contributed by atoms with E-state index in [1.54, 1.807) is 0 Å². The molecule has 1 aliphatic carbocycles. The first-order valence-electron chi connectivity index (χ1n) is 6.26. The summed E-state index contributed by atoms with van der Waals surface area (Å²) in [5, 5.41) is 7.47. The topological polar surface area (TPSA) is 71.4 Å². The molecule has 0 bridgehead atoms. The summed E-state index contributed by atoms with van der Waals surface area (Å²) in [6, 6.07) is 2.02. The number of carboxylic acid groups (broad SMARTS) is 1. The van der Waals surface area contributed by atoms with E-state index in [9.17, 15) is 27.1 Å². The van der Waals surface area contributed by atoms with Gasteiger partial charge in [-0.05, 0) is 37.0 Å². The first-order valence-corrected chi connectivity index (χ1v) is 7.80. The lowest BCUT2D eigenvalue weighted by molar-refractivity contribution is -0.137. The molecule has 20 heavy (non-hydrogen) atoms. The normalized spacial score (nSPS) is 18.1. The van der Waals surface area contributed by atoms with Crippen molar-refractivity contribution < 1.29 is 27.1 Å². The van der Waals surface area contributed by atoms with E-state index in [1.165, 1.54) is 0 Å². The largest absolute Gasteiger partial charge is 0.480 e. The van der Waals surface area contributed by atoms with Crippen molar-refractivity contribution in [2.75, 3.05) is 0 Å². The number of carboxylic acids is 1. The fourth-order valence-electron chi connectivity index (χ4n) is 2.68. The van der Waals surface area contributed by atoms with Gasteiger partial charge in [0.1, 0.15) is 16.5 Å². The van der Waals surface area contributed by atoms with Gasteiger partial charge in [0.15, 0.2) is 15.1 Å². The highest BCUT2D eigenvalue weighted by atomic mass is 32.2. The third-order valence-corrected chi connectivity index (χ3v) is 5.79. The van der Waals surface area contributed by atoms with Crippen LogP contribution in [-0.4, -0.2) is 24.7 Å². The van der Waals surface area contributed by atoms with Gasteiger partial charge in [-0.1, -0.05) is 12.8 Å². The van der Waals surface area contributed by atoms with Crippen molar-refractivity contribution in [3.63, 3.8) is 0 Å². The molecular weight excluding hydrogens is 290 g/mol. The highest BCUT2D eigenvalue weighted by molar-refractivity contribution is 7.92. The van der Waals surface area contributed by atoms with Crippen LogP contribution in [-0.2, 0) is 14.6 Å². The van der Waals surface area contributed by atoms with Gasteiger partial charge in [0.2, 0.25) is 0 Å². The van der Waals surface area contributed by atoms with Crippen LogP contribution in [0.2, 0.25) is 0 Å². The molecule has 1 unspecified atom stereocenters. The molecule has 7 heteroatoms. The van der Waals surface area contributed by atoms with Crippen molar-refractivity contribution in [2.45, 2.75) is 35.8 Å². The van der Waals surface area contributed by atoms with E-state index in [0.29, 0.717) is 25.0 Å². The predicted octanol–water partition coefficient (Wildman–Crippen LogP) is 2.38. The van der Waals surface area contributed by atoms with Gasteiger partial charge in [-0.3, -0.25) is 4.79 Å². The van der Waals surface area contributed by atoms with Crippen molar-refractivity contribution in [1.29, 1.82) is 0 Å². The molecule has 0 saturated heterocycles. The fourth-order valence-corrected chi connectivity index (χ4v) is 4.61. The Bertz CT molecular complexity index is 621. The molecule has 1 aromatic rings. The molecular formula is C13H14F2O4S. The summed E-state index contributed by atoms with van der Waals surface area (Å²) in [7, 11) is -4.45. The van der Waals surface area contributed by atoms with Gasteiger partial charge in [-0.15, -0.1) is 0 Å². The molecule has 0 aromatic heterocycles. The van der Waals surface area contributed by atoms with Gasteiger partial charge in [-0.25, -0.2) is 17.2 Å². The molecule has 2 rings (SSSR count). The number of hydrogen-bond acceptors (Lipinski definition) is 3. The molecule has 0 amide bonds. The first kappa shape index (κ1) is 14.9. The van der Waals surface area contributed by atoms with Crippen molar-refractivity contribution in [2.24, 2.45) is 5.92 Å². The number of aliphatic carboxylic acids is 1. The quantitative estimate of drug-likeness (QED) is 0.927. The highest BCUT2D eigenvalue weighted by Crippen LogP contribution is 2.34. The molecule has 0 spiro atoms. The molecule has 4 nitrogen and oxygen atoms in total. The molecule has 1 saturated carbocycles. The van der Waals surface area contributed by atoms with Crippen LogP contribution in [0.5, 0.6) is 0 Å². The zero-order valence-corrected chi connectivity index (χ0v) is 11.4. The van der Waals surface area contributed by atoms with Crippen LogP contribution in [0.1, 0.15) is 25.7 Å². The highest BCUT2D eigenvalue weighted by Gasteiger charge is 2.42. The minimum atomic E-state index is -4.45. The zero-order valence-electron chi connectivity index (χ0n) is 10.6. The van der Waals surface area contributed by atoms with Crippen molar-refractivity contribution in [3.8, 4) is 0 Å². The van der Waals surface area contributed by atoms with Crippen molar-refractivity contribution >= 4 is 15.8 Å². The predicted molar refractivity (Wildman–Crippen MR) is 66.9 cm³/mol. The Hall–Kier alpha value is -1.50. The number of halogens is 2. The molecule has 0 aliphatic heterocycles. The Kier molecular flexibility index (Phi) is 4.08. The lowest BCUT2D eigenvalue weighted by atomic mass is 10.0. The van der Waals surface area contributed by atoms with Crippen molar-refractivity contribution in [3.05, 3.63) is 29.8 Å². The maximum Gasteiger partial charge on any atom is 0.322 e. The average Bonchev–Trinajstić information content (AvgIpc) is 2.84. The van der Waals surface area contributed by atoms with Gasteiger partial charge in [0.25, 0.3) is 0 Å². The smallest absolute Gasteiger partial charge is 0.322 e. The minimum absolute atomic E-state index is 0.465. The van der Waals surface area contributed by atoms with E-state index in [-0.39, 0.29) is 0 Å². The lowest BCUT2D eigenvalue weighted by Crippen LogP contribution is -2.36. The molecule has 1 fully saturated rings. The number of benzene rings is 1. The van der Waals surface area contributed by atoms with Crippen LogP contribution < -0.4 is 0 Å². The summed E-state index contributed by atoms with van der Waals surface area (Å²) in [5.74, 6) is -4.11. The summed E-state index contributed by atoms with van der Waals surface area (Å²) in [6.07, 6.45) is 2.42. The Morgan fingerprint density at radius 2 is 1.85 bits per heavy atom. The van der Waals surface area contributed by atoms with Crippen LogP contribution >= 0.6 is 0 Å². The number of hydrogen-bond donors (Lipinski definition) is 1. The zero-order chi connectivity index (χ0) is 14.9. The van der Waals surface area contributed by atoms with E-state index in [1.807, 2.05) is 0 Å². The summed E-state index contributed by atoms with van der Waals surface area (Å²) >= 11 is 0. The van der Waals surface area contributed by atoms with Gasteiger partial charge in [0.05, 0.1) is 0 Å². The summed E-state index contributed by atoms with van der Waals surface area (Å²) in [5.41, 5.74) is 0. The molecule has 0 heterocycles. The van der Waals surface area contributed by atoms with Gasteiger partial charge >= 0.3 is 5.97 Å². The Labute approximate surface area is 115 Å². The monoisotopic (exact) mass is 304 g/mol. The second-order valence-corrected chi connectivity index (χ2v) is 6.96. The van der Waals surface area contributed by atoms with Gasteiger partial charge in [-0.2, -0.15) is 0 Å². The Balaban J connectivity index is 2.50. The van der Waals surface area contributed by atoms with E-state index in [2.05, 4.69) is 0 Å². The Morgan fingerprint density at radius 1 is 1.25 bits per heavy atom. The van der Waals surface area contributed by atoms with Gasteiger partial charge in [0, 0.05) is 0 Å². The molecule has 1 aliphatic rings. The molecule has 0 radical (unpaired) electrons. The number of carbonyl (C=O) groups is 1. The van der Waals surface area contributed by atoms with Gasteiger partial charge < -0.3 is 5.11 Å². The third kappa shape index (κ3) is 2.67. The molecule has 1 aromatic carbocycles. The van der Waals surface area contributed by atoms with E-state index in [4.69, 9.17) is 0 Å². The summed E-state index contributed by atoms with van der Waals surface area (Å²) in [6.45, 7) is 0. The van der Waals surface area contributed by atoms with Crippen LogP contribution in [0.15, 0.2) is 23.1 Å². The second kappa shape index (κ2) is 5.47. The lowest BCUT2D eigenvalue weighted by Gasteiger charge is -2.19. The molecule has 110 valence electrons. The summed E-state index contributed by atoms with van der Waals surface area (Å²) in [4.78, 5) is 10.4. The van der Waals surface area contributed by atoms with Crippen molar-refractivity contribution in [1.82, 2.24) is 0 Å². The van der Waals surface area contributed by atoms with Crippen LogP contribution in [0.25, 0.3) is 0 Å². The van der Waals surface area contributed by atoms with Crippen LogP contribution in [0.3, 0.4) is 0 Å². The van der Waals surface area contributed by atoms with E-state index in [0.717, 1.165) is 18.9 Å². The van der Waals surface area contributed by atoms with E-state index < -0.39 is 43.5 Å². The first-order chi connectivity index (χ1) is 9.34. The van der Waals surface area contributed by atoms with E-state index >= 15 is 0 Å². The Morgan fingerprint density at radius 3 is 2.40 bits per heavy atom. The maximum atomic E-state index is 13.6. The molecule has 1 atom stereocenters. The fraction of sp³-hybridized carbons (Fsp3) is 0.462. The molecule has 1 N–H and O–H groups in total. The van der Waals surface area contributed by atoms with Crippen LogP contribution in [0.4, 0.5) is 8.78 Å². The number of rotatable bonds is 4. The maximum absolute atomic E-state index is 13.6. The average molecular weight is 304 g/mol. The summed E-state index contributed by atoms with van der Waals surface area (Å²) < 4.78 is 51.5. The standard InChI is InChI=1S/C13H14F2O4S/c14-9-5-6-10(15)11(7-9)20(18,19)12(13(16)17)8-3-1-2-4-8/h5-8,12H,1-4H2,(H,16,17). The SMILES string of the molecule is O=C(O)C(C1CCCC1)S(=O)(=O)c1cc(F)ccc1F. The van der Waals surface area contributed by atoms with Crippen LogP contribution in [0, 0.1) is 17.6 Å². The minimum Gasteiger partial charge on any atom is -0.480 e.